The zero-order chi connectivity index (χ0) is 21.0. The fourth-order valence-electron chi connectivity index (χ4n) is 3.60. The highest BCUT2D eigenvalue weighted by Crippen LogP contribution is 2.36. The molecule has 0 saturated heterocycles. The quantitative estimate of drug-likeness (QED) is 0.535. The fraction of sp³-hybridized carbons (Fsp3) is 0.261. The van der Waals surface area contributed by atoms with Gasteiger partial charge in [-0.3, -0.25) is 4.79 Å². The van der Waals surface area contributed by atoms with Crippen LogP contribution in [-0.2, 0) is 11.3 Å². The standard InChI is InChI=1S/C23H24FNO4/c1-2-25-20-6-4-3-5-19(20)23(15-7-9-16(24)10-8-15)21(25)12-11-17(26)13-18(27)14-22(28)29/h3-12,17-18,26-27H,2,13-14H2,1H3,(H,28,29)/b12-11+/t17-,18-/m1/s1. The third-order valence-electron chi connectivity index (χ3n) is 4.86. The molecule has 2 atom stereocenters. The number of para-hydroxylation sites is 1. The van der Waals surface area contributed by atoms with Gasteiger partial charge in [-0.1, -0.05) is 36.4 Å². The number of hydrogen-bond donors (Lipinski definition) is 3. The van der Waals surface area contributed by atoms with E-state index in [9.17, 15) is 19.4 Å². The molecule has 0 unspecified atom stereocenters. The normalized spacial score (nSPS) is 13.8. The van der Waals surface area contributed by atoms with E-state index in [1.54, 1.807) is 24.3 Å². The van der Waals surface area contributed by atoms with E-state index >= 15 is 0 Å². The van der Waals surface area contributed by atoms with Crippen molar-refractivity contribution in [2.75, 3.05) is 0 Å². The van der Waals surface area contributed by atoms with Crippen molar-refractivity contribution in [3.63, 3.8) is 0 Å². The Kier molecular flexibility index (Phi) is 6.46. The van der Waals surface area contributed by atoms with Crippen molar-refractivity contribution in [1.82, 2.24) is 4.57 Å². The van der Waals surface area contributed by atoms with Gasteiger partial charge in [-0.05, 0) is 36.8 Å². The van der Waals surface area contributed by atoms with Gasteiger partial charge < -0.3 is 19.9 Å². The van der Waals surface area contributed by atoms with Crippen LogP contribution in [0.1, 0.15) is 25.5 Å². The number of aryl methyl sites for hydroxylation is 1. The summed E-state index contributed by atoms with van der Waals surface area (Å²) in [5.74, 6) is -1.42. The first-order valence-corrected chi connectivity index (χ1v) is 9.54. The fourth-order valence-corrected chi connectivity index (χ4v) is 3.60. The predicted octanol–water partition coefficient (Wildman–Crippen LogP) is 4.07. The van der Waals surface area contributed by atoms with Crippen LogP contribution in [0.25, 0.3) is 28.1 Å². The Morgan fingerprint density at radius 3 is 2.48 bits per heavy atom. The molecule has 0 saturated carbocycles. The minimum atomic E-state index is -1.12. The summed E-state index contributed by atoms with van der Waals surface area (Å²) < 4.78 is 15.5. The molecule has 6 heteroatoms. The van der Waals surface area contributed by atoms with Crippen molar-refractivity contribution < 1.29 is 24.5 Å². The Morgan fingerprint density at radius 1 is 1.14 bits per heavy atom. The minimum Gasteiger partial charge on any atom is -0.481 e. The van der Waals surface area contributed by atoms with Crippen LogP contribution < -0.4 is 0 Å². The molecular formula is C23H24FNO4. The number of carboxylic acid groups (broad SMARTS) is 1. The molecule has 29 heavy (non-hydrogen) atoms. The van der Waals surface area contributed by atoms with E-state index in [1.165, 1.54) is 12.1 Å². The summed E-state index contributed by atoms with van der Waals surface area (Å²) in [7, 11) is 0. The van der Waals surface area contributed by atoms with Gasteiger partial charge in [0.05, 0.1) is 18.6 Å². The SMILES string of the molecule is CCn1c(/C=C/[C@@H](O)C[C@@H](O)CC(=O)O)c(-c2ccc(F)cc2)c2ccccc21. The number of carbonyl (C=O) groups is 1. The van der Waals surface area contributed by atoms with Crippen molar-refractivity contribution in [2.45, 2.75) is 38.5 Å². The lowest BCUT2D eigenvalue weighted by Gasteiger charge is -2.12. The average Bonchev–Trinajstić information content (AvgIpc) is 2.99. The molecule has 152 valence electrons. The maximum Gasteiger partial charge on any atom is 0.305 e. The van der Waals surface area contributed by atoms with Gasteiger partial charge in [0.15, 0.2) is 0 Å². The Balaban J connectivity index is 2.03. The summed E-state index contributed by atoms with van der Waals surface area (Å²) in [6.07, 6.45) is 0.732. The zero-order valence-corrected chi connectivity index (χ0v) is 16.1. The number of halogens is 1. The van der Waals surface area contributed by atoms with E-state index < -0.39 is 24.6 Å². The highest BCUT2D eigenvalue weighted by Gasteiger charge is 2.17. The van der Waals surface area contributed by atoms with Crippen molar-refractivity contribution in [2.24, 2.45) is 0 Å². The number of aliphatic carboxylic acids is 1. The van der Waals surface area contributed by atoms with Gasteiger partial charge in [-0.15, -0.1) is 0 Å². The van der Waals surface area contributed by atoms with Crippen LogP contribution in [0, 0.1) is 5.82 Å². The van der Waals surface area contributed by atoms with Gasteiger partial charge >= 0.3 is 5.97 Å². The molecule has 0 aliphatic carbocycles. The number of carboxylic acids is 1. The molecule has 0 aliphatic heterocycles. The monoisotopic (exact) mass is 397 g/mol. The number of aliphatic hydroxyl groups excluding tert-OH is 2. The summed E-state index contributed by atoms with van der Waals surface area (Å²) in [6.45, 7) is 2.71. The second kappa shape index (κ2) is 9.03. The first-order chi connectivity index (χ1) is 13.9. The second-order valence-corrected chi connectivity index (χ2v) is 6.94. The molecule has 5 nitrogen and oxygen atoms in total. The van der Waals surface area contributed by atoms with E-state index in [-0.39, 0.29) is 12.2 Å². The van der Waals surface area contributed by atoms with Crippen LogP contribution in [0.4, 0.5) is 4.39 Å². The number of hydrogen-bond acceptors (Lipinski definition) is 3. The largest absolute Gasteiger partial charge is 0.481 e. The zero-order valence-electron chi connectivity index (χ0n) is 16.1. The van der Waals surface area contributed by atoms with Gasteiger partial charge in [0, 0.05) is 35.1 Å². The van der Waals surface area contributed by atoms with Gasteiger partial charge in [-0.2, -0.15) is 0 Å². The Morgan fingerprint density at radius 2 is 1.83 bits per heavy atom. The molecule has 1 heterocycles. The maximum absolute atomic E-state index is 13.4. The molecule has 1 aromatic heterocycles. The smallest absolute Gasteiger partial charge is 0.305 e. The minimum absolute atomic E-state index is 0.0684. The predicted molar refractivity (Wildman–Crippen MR) is 111 cm³/mol. The van der Waals surface area contributed by atoms with E-state index in [2.05, 4.69) is 4.57 Å². The van der Waals surface area contributed by atoms with Gasteiger partial charge in [0.25, 0.3) is 0 Å². The van der Waals surface area contributed by atoms with Crippen LogP contribution >= 0.6 is 0 Å². The molecule has 3 N–H and O–H groups in total. The summed E-state index contributed by atoms with van der Waals surface area (Å²) in [5.41, 5.74) is 3.66. The molecule has 2 aromatic carbocycles. The van der Waals surface area contributed by atoms with Gasteiger partial charge in [-0.25, -0.2) is 4.39 Å². The number of aromatic nitrogens is 1. The highest BCUT2D eigenvalue weighted by atomic mass is 19.1. The lowest BCUT2D eigenvalue weighted by atomic mass is 10.0. The lowest BCUT2D eigenvalue weighted by molar-refractivity contribution is -0.139. The molecule has 3 rings (SSSR count). The number of fused-ring (bicyclic) bond motifs is 1. The van der Waals surface area contributed by atoms with Crippen molar-refractivity contribution in [3.05, 3.63) is 66.1 Å². The molecular weight excluding hydrogens is 373 g/mol. The first kappa shape index (κ1) is 20.8. The topological polar surface area (TPSA) is 82.7 Å². The molecule has 0 aliphatic rings. The maximum atomic E-state index is 13.4. The second-order valence-electron chi connectivity index (χ2n) is 6.94. The summed E-state index contributed by atoms with van der Waals surface area (Å²) in [5, 5.41) is 29.7. The van der Waals surface area contributed by atoms with Crippen LogP contribution in [0.3, 0.4) is 0 Å². The Labute approximate surface area is 168 Å². The summed E-state index contributed by atoms with van der Waals surface area (Å²) in [4.78, 5) is 10.7. The van der Waals surface area contributed by atoms with Gasteiger partial charge in [0.1, 0.15) is 5.82 Å². The van der Waals surface area contributed by atoms with E-state index in [0.29, 0.717) is 6.54 Å². The average molecular weight is 397 g/mol. The Hall–Kier alpha value is -2.96. The molecule has 0 spiro atoms. The van der Waals surface area contributed by atoms with Crippen LogP contribution in [0.5, 0.6) is 0 Å². The Bertz CT molecular complexity index is 1020. The molecule has 0 radical (unpaired) electrons. The molecule has 0 amide bonds. The van der Waals surface area contributed by atoms with Crippen molar-refractivity contribution in [1.29, 1.82) is 0 Å². The van der Waals surface area contributed by atoms with E-state index in [1.807, 2.05) is 31.2 Å². The third-order valence-corrected chi connectivity index (χ3v) is 4.86. The molecule has 3 aromatic rings. The number of rotatable bonds is 8. The number of nitrogens with zero attached hydrogens (tertiary/aromatic N) is 1. The van der Waals surface area contributed by atoms with Crippen LogP contribution in [-0.4, -0.2) is 38.1 Å². The molecule has 0 bridgehead atoms. The van der Waals surface area contributed by atoms with Crippen LogP contribution in [0.2, 0.25) is 0 Å². The van der Waals surface area contributed by atoms with E-state index in [0.717, 1.165) is 27.7 Å². The number of aliphatic hydroxyl groups is 2. The summed E-state index contributed by atoms with van der Waals surface area (Å²) >= 11 is 0. The first-order valence-electron chi connectivity index (χ1n) is 9.54. The van der Waals surface area contributed by atoms with E-state index in [4.69, 9.17) is 5.11 Å². The summed E-state index contributed by atoms with van der Waals surface area (Å²) in [6, 6.07) is 14.2. The lowest BCUT2D eigenvalue weighted by Crippen LogP contribution is -2.19. The number of benzene rings is 2. The van der Waals surface area contributed by atoms with Gasteiger partial charge in [0.2, 0.25) is 0 Å². The van der Waals surface area contributed by atoms with Crippen molar-refractivity contribution >= 4 is 22.9 Å². The molecule has 0 fully saturated rings. The van der Waals surface area contributed by atoms with Crippen molar-refractivity contribution in [3.8, 4) is 11.1 Å². The third kappa shape index (κ3) is 4.72. The highest BCUT2D eigenvalue weighted by molar-refractivity contribution is 6.00. The van der Waals surface area contributed by atoms with Crippen LogP contribution in [0.15, 0.2) is 54.6 Å².